The number of aromatic amines is 1. The van der Waals surface area contributed by atoms with E-state index in [0.717, 1.165) is 17.4 Å². The van der Waals surface area contributed by atoms with E-state index in [9.17, 15) is 9.59 Å². The van der Waals surface area contributed by atoms with Gasteiger partial charge in [-0.25, -0.2) is 4.79 Å². The lowest BCUT2D eigenvalue weighted by molar-refractivity contribution is 0.0690. The van der Waals surface area contributed by atoms with Crippen molar-refractivity contribution in [2.24, 2.45) is 0 Å². The zero-order valence-electron chi connectivity index (χ0n) is 10.8. The van der Waals surface area contributed by atoms with Crippen LogP contribution >= 0.6 is 0 Å². The van der Waals surface area contributed by atoms with Crippen molar-refractivity contribution in [1.29, 1.82) is 0 Å². The minimum Gasteiger partial charge on any atom is -0.497 e. The summed E-state index contributed by atoms with van der Waals surface area (Å²) in [5, 5.41) is 8.73. The molecule has 1 aromatic carbocycles. The molecule has 0 fully saturated rings. The van der Waals surface area contributed by atoms with E-state index in [-0.39, 0.29) is 18.1 Å². The van der Waals surface area contributed by atoms with E-state index in [0.29, 0.717) is 0 Å². The van der Waals surface area contributed by atoms with Crippen molar-refractivity contribution in [3.8, 4) is 11.5 Å². The van der Waals surface area contributed by atoms with Crippen LogP contribution < -0.4 is 14.9 Å². The topological polar surface area (TPSA) is 88.6 Å². The molecule has 0 spiro atoms. The molecular weight excluding hydrogens is 262 g/mol. The third-order valence-electron chi connectivity index (χ3n) is 2.66. The number of benzene rings is 1. The lowest BCUT2D eigenvalue weighted by atomic mass is 10.2. The van der Waals surface area contributed by atoms with E-state index in [2.05, 4.69) is 4.98 Å². The van der Waals surface area contributed by atoms with Gasteiger partial charge in [0.05, 0.1) is 7.11 Å². The van der Waals surface area contributed by atoms with Crippen molar-refractivity contribution in [2.45, 2.75) is 6.61 Å². The minimum atomic E-state index is -1.19. The lowest BCUT2D eigenvalue weighted by Crippen LogP contribution is -2.12. The van der Waals surface area contributed by atoms with Gasteiger partial charge in [0.25, 0.3) is 0 Å². The number of ether oxygens (including phenoxy) is 2. The molecule has 0 aliphatic rings. The molecule has 2 aromatic rings. The predicted octanol–water partition coefficient (Wildman–Crippen LogP) is 1.66. The molecule has 0 unspecified atom stereocenters. The summed E-state index contributed by atoms with van der Waals surface area (Å²) in [4.78, 5) is 24.8. The van der Waals surface area contributed by atoms with Crippen LogP contribution in [0.2, 0.25) is 0 Å². The highest BCUT2D eigenvalue weighted by Crippen LogP contribution is 2.13. The molecule has 1 aromatic heterocycles. The Hall–Kier alpha value is -2.76. The number of carboxylic acid groups (broad SMARTS) is 1. The summed E-state index contributed by atoms with van der Waals surface area (Å²) >= 11 is 0. The van der Waals surface area contributed by atoms with Crippen LogP contribution in [0.1, 0.15) is 16.1 Å². The fourth-order valence-corrected chi connectivity index (χ4v) is 1.58. The number of nitrogens with one attached hydrogen (secondary N) is 1. The van der Waals surface area contributed by atoms with Gasteiger partial charge < -0.3 is 19.6 Å². The fourth-order valence-electron chi connectivity index (χ4n) is 1.58. The number of aromatic carboxylic acids is 1. The first-order chi connectivity index (χ1) is 9.60. The zero-order chi connectivity index (χ0) is 14.5. The Bertz CT molecular complexity index is 660. The third kappa shape index (κ3) is 3.17. The Morgan fingerprint density at radius 3 is 2.55 bits per heavy atom. The smallest absolute Gasteiger partial charge is 0.352 e. The number of hydrogen-bond donors (Lipinski definition) is 2. The van der Waals surface area contributed by atoms with Crippen LogP contribution in [0.5, 0.6) is 11.5 Å². The molecule has 0 aliphatic heterocycles. The highest BCUT2D eigenvalue weighted by atomic mass is 16.5. The van der Waals surface area contributed by atoms with Gasteiger partial charge in [0.15, 0.2) is 5.75 Å². The SMILES string of the molecule is COc1ccc(COc2c[nH]c(C(=O)O)cc2=O)cc1. The first-order valence-electron chi connectivity index (χ1n) is 5.82. The van der Waals surface area contributed by atoms with Crippen molar-refractivity contribution >= 4 is 5.97 Å². The summed E-state index contributed by atoms with van der Waals surface area (Å²) in [5.41, 5.74) is 0.217. The van der Waals surface area contributed by atoms with E-state index in [4.69, 9.17) is 14.6 Å². The van der Waals surface area contributed by atoms with Crippen LogP contribution in [-0.4, -0.2) is 23.2 Å². The van der Waals surface area contributed by atoms with Crippen LogP contribution in [0.3, 0.4) is 0 Å². The maximum absolute atomic E-state index is 11.6. The fraction of sp³-hybridized carbons (Fsp3) is 0.143. The molecule has 0 saturated carbocycles. The van der Waals surface area contributed by atoms with Gasteiger partial charge in [0.1, 0.15) is 18.1 Å². The Kier molecular flexibility index (Phi) is 4.05. The minimum absolute atomic E-state index is 0.0748. The average Bonchev–Trinajstić information content (AvgIpc) is 2.46. The number of hydrogen-bond acceptors (Lipinski definition) is 4. The molecule has 0 saturated heterocycles. The van der Waals surface area contributed by atoms with Crippen molar-refractivity contribution < 1.29 is 19.4 Å². The predicted molar refractivity (Wildman–Crippen MR) is 71.3 cm³/mol. The van der Waals surface area contributed by atoms with Crippen LogP contribution in [0.15, 0.2) is 41.3 Å². The van der Waals surface area contributed by atoms with E-state index in [1.165, 1.54) is 6.20 Å². The van der Waals surface area contributed by atoms with Crippen molar-refractivity contribution in [2.75, 3.05) is 7.11 Å². The summed E-state index contributed by atoms with van der Waals surface area (Å²) in [6, 6.07) is 8.20. The van der Waals surface area contributed by atoms with Gasteiger partial charge >= 0.3 is 5.97 Å². The van der Waals surface area contributed by atoms with Crippen LogP contribution in [0.4, 0.5) is 0 Å². The van der Waals surface area contributed by atoms with Crippen LogP contribution in [-0.2, 0) is 6.61 Å². The second-order valence-electron chi connectivity index (χ2n) is 4.02. The molecule has 2 rings (SSSR count). The molecule has 0 aliphatic carbocycles. The quantitative estimate of drug-likeness (QED) is 0.866. The lowest BCUT2D eigenvalue weighted by Gasteiger charge is -2.06. The van der Waals surface area contributed by atoms with Crippen molar-refractivity contribution in [3.63, 3.8) is 0 Å². The van der Waals surface area contributed by atoms with E-state index in [1.54, 1.807) is 19.2 Å². The number of aromatic nitrogens is 1. The van der Waals surface area contributed by atoms with E-state index >= 15 is 0 Å². The number of H-pyrrole nitrogens is 1. The Balaban J connectivity index is 2.06. The number of carboxylic acids is 1. The maximum Gasteiger partial charge on any atom is 0.352 e. The first-order valence-corrected chi connectivity index (χ1v) is 5.82. The summed E-state index contributed by atoms with van der Waals surface area (Å²) in [7, 11) is 1.58. The number of pyridine rings is 1. The van der Waals surface area contributed by atoms with Crippen LogP contribution in [0.25, 0.3) is 0 Å². The molecule has 0 bridgehead atoms. The number of rotatable bonds is 5. The second-order valence-corrected chi connectivity index (χ2v) is 4.02. The molecule has 6 nitrogen and oxygen atoms in total. The largest absolute Gasteiger partial charge is 0.497 e. The van der Waals surface area contributed by atoms with Gasteiger partial charge in [0, 0.05) is 12.3 Å². The summed E-state index contributed by atoms with van der Waals surface area (Å²) in [6.45, 7) is 0.208. The molecule has 20 heavy (non-hydrogen) atoms. The summed E-state index contributed by atoms with van der Waals surface area (Å²) in [6.07, 6.45) is 1.25. The second kappa shape index (κ2) is 5.92. The standard InChI is InChI=1S/C14H13NO5/c1-19-10-4-2-9(3-5-10)8-20-13-7-15-11(14(17)18)6-12(13)16/h2-7H,8H2,1H3,(H,15,16)(H,17,18). The van der Waals surface area contributed by atoms with Gasteiger partial charge in [-0.3, -0.25) is 4.79 Å². The Morgan fingerprint density at radius 2 is 2.00 bits per heavy atom. The highest BCUT2D eigenvalue weighted by molar-refractivity contribution is 5.85. The average molecular weight is 275 g/mol. The Labute approximate surface area is 114 Å². The molecule has 0 radical (unpaired) electrons. The molecule has 104 valence electrons. The van der Waals surface area contributed by atoms with Crippen molar-refractivity contribution in [1.82, 2.24) is 4.98 Å². The maximum atomic E-state index is 11.6. The summed E-state index contributed by atoms with van der Waals surface area (Å²) < 4.78 is 10.4. The Morgan fingerprint density at radius 1 is 1.30 bits per heavy atom. The van der Waals surface area contributed by atoms with E-state index < -0.39 is 11.4 Å². The van der Waals surface area contributed by atoms with Crippen molar-refractivity contribution in [3.05, 3.63) is 58.0 Å². The van der Waals surface area contributed by atoms with E-state index in [1.807, 2.05) is 12.1 Å². The van der Waals surface area contributed by atoms with Crippen LogP contribution in [0, 0.1) is 0 Å². The van der Waals surface area contributed by atoms with Gasteiger partial charge in [-0.2, -0.15) is 0 Å². The zero-order valence-corrected chi connectivity index (χ0v) is 10.8. The molecular formula is C14H13NO5. The molecule has 0 atom stereocenters. The van der Waals surface area contributed by atoms with Gasteiger partial charge in [0.2, 0.25) is 5.43 Å². The normalized spacial score (nSPS) is 10.1. The number of carbonyl (C=O) groups is 1. The third-order valence-corrected chi connectivity index (χ3v) is 2.66. The number of methoxy groups -OCH3 is 1. The van der Waals surface area contributed by atoms with Gasteiger partial charge in [-0.1, -0.05) is 12.1 Å². The molecule has 0 amide bonds. The highest BCUT2D eigenvalue weighted by Gasteiger charge is 2.07. The van der Waals surface area contributed by atoms with Gasteiger partial charge in [-0.15, -0.1) is 0 Å². The molecule has 6 heteroatoms. The first kappa shape index (κ1) is 13.7. The van der Waals surface area contributed by atoms with Gasteiger partial charge in [-0.05, 0) is 17.7 Å². The summed E-state index contributed by atoms with van der Waals surface area (Å²) in [5.74, 6) is -0.382. The molecule has 2 N–H and O–H groups in total. The molecule has 1 heterocycles. The monoisotopic (exact) mass is 275 g/mol.